The van der Waals surface area contributed by atoms with E-state index in [2.05, 4.69) is 62.2 Å². The van der Waals surface area contributed by atoms with Crippen LogP contribution in [0.5, 0.6) is 5.88 Å². The standard InChI is InChI=1S/C28H41N2O2Si/c1-7-28(8-2,32-33)26(27(4,5)6)22-14-11-20(12-15-22)10-13-21-18-19-29-23-16-17-24(31-9-3)30-25(21)23/h10,13,16-20,22,26H,7-9,11-12,14-15H2,1-6H3. The second-order valence-corrected chi connectivity index (χ2v) is 10.8. The van der Waals surface area contributed by atoms with Crippen LogP contribution in [0, 0.1) is 23.2 Å². The van der Waals surface area contributed by atoms with Gasteiger partial charge in [-0.25, -0.2) is 4.98 Å². The van der Waals surface area contributed by atoms with Crippen LogP contribution in [-0.2, 0) is 4.43 Å². The summed E-state index contributed by atoms with van der Waals surface area (Å²) < 4.78 is 11.7. The second kappa shape index (κ2) is 11.1. The molecule has 0 spiro atoms. The number of ether oxygens (including phenoxy) is 1. The monoisotopic (exact) mass is 465 g/mol. The Kier molecular flexibility index (Phi) is 8.74. The third-order valence-electron chi connectivity index (χ3n) is 7.62. The molecule has 3 rings (SSSR count). The van der Waals surface area contributed by atoms with Crippen LogP contribution < -0.4 is 4.74 Å². The fraction of sp³-hybridized carbons (Fsp3) is 0.643. The molecule has 0 N–H and O–H groups in total. The van der Waals surface area contributed by atoms with Gasteiger partial charge in [0, 0.05) is 17.8 Å². The van der Waals surface area contributed by atoms with E-state index >= 15 is 0 Å². The Labute approximate surface area is 204 Å². The Morgan fingerprint density at radius 3 is 2.33 bits per heavy atom. The molecule has 1 unspecified atom stereocenters. The number of hydrogen-bond acceptors (Lipinski definition) is 4. The Balaban J connectivity index is 1.74. The van der Waals surface area contributed by atoms with Crippen LogP contribution in [0.3, 0.4) is 0 Å². The van der Waals surface area contributed by atoms with Crippen molar-refractivity contribution in [1.82, 2.24) is 9.97 Å². The first-order valence-corrected chi connectivity index (χ1v) is 13.1. The van der Waals surface area contributed by atoms with E-state index in [4.69, 9.17) is 14.1 Å². The normalized spacial score (nSPS) is 20.9. The zero-order chi connectivity index (χ0) is 24.1. The summed E-state index contributed by atoms with van der Waals surface area (Å²) in [6.07, 6.45) is 13.5. The third-order valence-corrected chi connectivity index (χ3v) is 8.02. The highest BCUT2D eigenvalue weighted by atomic mass is 28.2. The van der Waals surface area contributed by atoms with Gasteiger partial charge in [0.2, 0.25) is 16.4 Å². The number of pyridine rings is 2. The third kappa shape index (κ3) is 5.86. The minimum atomic E-state index is -0.109. The summed E-state index contributed by atoms with van der Waals surface area (Å²) in [5.41, 5.74) is 3.02. The Bertz CT molecular complexity index is 917. The first kappa shape index (κ1) is 25.9. The van der Waals surface area contributed by atoms with Crippen LogP contribution >= 0.6 is 0 Å². The van der Waals surface area contributed by atoms with E-state index in [1.165, 1.54) is 25.7 Å². The fourth-order valence-electron chi connectivity index (χ4n) is 6.12. The molecule has 4 nitrogen and oxygen atoms in total. The van der Waals surface area contributed by atoms with Crippen LogP contribution in [-0.4, -0.2) is 32.7 Å². The van der Waals surface area contributed by atoms with Crippen LogP contribution in [0.1, 0.15) is 85.6 Å². The molecule has 3 radical (unpaired) electrons. The van der Waals surface area contributed by atoms with E-state index < -0.39 is 0 Å². The van der Waals surface area contributed by atoms with Crippen molar-refractivity contribution in [2.24, 2.45) is 23.2 Å². The van der Waals surface area contributed by atoms with Crippen LogP contribution in [0.4, 0.5) is 0 Å². The maximum atomic E-state index is 6.05. The van der Waals surface area contributed by atoms with Gasteiger partial charge in [-0.1, -0.05) is 46.8 Å². The Hall–Kier alpha value is -1.72. The first-order valence-electron chi connectivity index (χ1n) is 12.7. The van der Waals surface area contributed by atoms with Gasteiger partial charge in [-0.3, -0.25) is 4.98 Å². The maximum Gasteiger partial charge on any atom is 0.247 e. The molecule has 33 heavy (non-hydrogen) atoms. The van der Waals surface area contributed by atoms with Gasteiger partial charge in [-0.15, -0.1) is 0 Å². The van der Waals surface area contributed by atoms with Crippen LogP contribution in [0.25, 0.3) is 17.1 Å². The zero-order valence-corrected chi connectivity index (χ0v) is 22.4. The average molecular weight is 466 g/mol. The molecule has 2 aromatic rings. The molecule has 2 heterocycles. The quantitative estimate of drug-likeness (QED) is 0.368. The summed E-state index contributed by atoms with van der Waals surface area (Å²) >= 11 is 0. The molecule has 2 aromatic heterocycles. The SMILES string of the molecule is CCOc1ccc2nccc(C=CC3CCC(C(C(C)(C)C)C(CC)(CC)O[Si])CC3)c2n1. The fourth-order valence-corrected chi connectivity index (χ4v) is 6.54. The Morgan fingerprint density at radius 2 is 1.76 bits per heavy atom. The molecule has 0 aliphatic heterocycles. The summed E-state index contributed by atoms with van der Waals surface area (Å²) in [6.45, 7) is 14.3. The molecule has 1 atom stereocenters. The van der Waals surface area contributed by atoms with Gasteiger partial charge in [0.05, 0.1) is 23.2 Å². The molecular weight excluding hydrogens is 424 g/mol. The molecular formula is C28H41N2O2Si. The van der Waals surface area contributed by atoms with Crippen molar-refractivity contribution in [1.29, 1.82) is 0 Å². The van der Waals surface area contributed by atoms with Gasteiger partial charge in [0.25, 0.3) is 0 Å². The highest BCUT2D eigenvalue weighted by Crippen LogP contribution is 2.50. The summed E-state index contributed by atoms with van der Waals surface area (Å²) in [5, 5.41) is 0. The molecule has 1 fully saturated rings. The molecule has 1 aliphatic rings. The largest absolute Gasteiger partial charge is 0.478 e. The second-order valence-electron chi connectivity index (χ2n) is 10.6. The molecule has 1 saturated carbocycles. The number of aromatic nitrogens is 2. The molecule has 0 aromatic carbocycles. The number of allylic oxidation sites excluding steroid dienone is 1. The van der Waals surface area contributed by atoms with Gasteiger partial charge in [0.1, 0.15) is 0 Å². The van der Waals surface area contributed by atoms with Crippen molar-refractivity contribution in [3.8, 4) is 5.88 Å². The van der Waals surface area contributed by atoms with Crippen molar-refractivity contribution in [3.63, 3.8) is 0 Å². The summed E-state index contributed by atoms with van der Waals surface area (Å²) in [5.74, 6) is 2.46. The number of nitrogens with zero attached hydrogens (tertiary/aromatic N) is 2. The van der Waals surface area contributed by atoms with Gasteiger partial charge in [0.15, 0.2) is 0 Å². The molecule has 0 amide bonds. The topological polar surface area (TPSA) is 44.2 Å². The van der Waals surface area contributed by atoms with Gasteiger partial charge < -0.3 is 9.16 Å². The van der Waals surface area contributed by atoms with E-state index in [9.17, 15) is 0 Å². The predicted octanol–water partition coefficient (Wildman–Crippen LogP) is 7.17. The van der Waals surface area contributed by atoms with Crippen molar-refractivity contribution in [2.75, 3.05) is 6.61 Å². The predicted molar refractivity (Wildman–Crippen MR) is 138 cm³/mol. The number of hydrogen-bond donors (Lipinski definition) is 0. The van der Waals surface area contributed by atoms with Crippen molar-refractivity contribution in [3.05, 3.63) is 36.0 Å². The number of rotatable bonds is 9. The summed E-state index contributed by atoms with van der Waals surface area (Å²) in [6, 6.07) is 5.93. The van der Waals surface area contributed by atoms with Crippen molar-refractivity contribution in [2.45, 2.75) is 85.7 Å². The van der Waals surface area contributed by atoms with Crippen LogP contribution in [0.2, 0.25) is 0 Å². The smallest absolute Gasteiger partial charge is 0.247 e. The lowest BCUT2D eigenvalue weighted by atomic mass is 9.59. The molecule has 179 valence electrons. The van der Waals surface area contributed by atoms with E-state index in [1.807, 2.05) is 31.3 Å². The van der Waals surface area contributed by atoms with Gasteiger partial charge in [-0.2, -0.15) is 0 Å². The lowest BCUT2D eigenvalue weighted by Gasteiger charge is -2.51. The summed E-state index contributed by atoms with van der Waals surface area (Å²) in [7, 11) is 3.47. The van der Waals surface area contributed by atoms with E-state index in [0.29, 0.717) is 30.2 Å². The van der Waals surface area contributed by atoms with E-state index in [-0.39, 0.29) is 11.0 Å². The minimum absolute atomic E-state index is 0.109. The lowest BCUT2D eigenvalue weighted by molar-refractivity contribution is -0.0800. The van der Waals surface area contributed by atoms with E-state index in [1.54, 1.807) is 0 Å². The maximum absolute atomic E-state index is 6.05. The molecule has 5 heteroatoms. The Morgan fingerprint density at radius 1 is 1.06 bits per heavy atom. The van der Waals surface area contributed by atoms with Crippen molar-refractivity contribution < 1.29 is 9.16 Å². The number of fused-ring (bicyclic) bond motifs is 1. The molecule has 1 aliphatic carbocycles. The average Bonchev–Trinajstić information content (AvgIpc) is 2.81. The molecule has 0 saturated heterocycles. The minimum Gasteiger partial charge on any atom is -0.478 e. The highest BCUT2D eigenvalue weighted by molar-refractivity contribution is 5.98. The van der Waals surface area contributed by atoms with Gasteiger partial charge >= 0.3 is 0 Å². The summed E-state index contributed by atoms with van der Waals surface area (Å²) in [4.78, 5) is 9.16. The van der Waals surface area contributed by atoms with Crippen LogP contribution in [0.15, 0.2) is 30.5 Å². The highest BCUT2D eigenvalue weighted by Gasteiger charge is 2.47. The van der Waals surface area contributed by atoms with E-state index in [0.717, 1.165) is 29.4 Å². The van der Waals surface area contributed by atoms with Crippen molar-refractivity contribution >= 4 is 27.6 Å². The lowest BCUT2D eigenvalue weighted by Crippen LogP contribution is -2.50. The van der Waals surface area contributed by atoms with Gasteiger partial charge in [-0.05, 0) is 80.8 Å². The zero-order valence-electron chi connectivity index (χ0n) is 21.4. The first-order chi connectivity index (χ1) is 15.8. The molecule has 0 bridgehead atoms.